The molecule has 0 spiro atoms. The second-order valence-electron chi connectivity index (χ2n) is 5.67. The van der Waals surface area contributed by atoms with E-state index in [-0.39, 0.29) is 5.75 Å². The highest BCUT2D eigenvalue weighted by molar-refractivity contribution is 5.51. The fourth-order valence-electron chi connectivity index (χ4n) is 2.57. The predicted octanol–water partition coefficient (Wildman–Crippen LogP) is 4.99. The average Bonchev–Trinajstić information content (AvgIpc) is 2.63. The number of nitrogens with zero attached hydrogens (tertiary/aromatic N) is 1. The molecule has 0 bridgehead atoms. The van der Waals surface area contributed by atoms with Crippen LogP contribution < -0.4 is 4.74 Å². The molecular formula is C14H14F7NO. The Hall–Kier alpha value is -1.54. The highest BCUT2D eigenvalue weighted by atomic mass is 19.4. The molecule has 130 valence electrons. The number of alkyl halides is 7. The van der Waals surface area contributed by atoms with Crippen molar-refractivity contribution in [2.75, 3.05) is 0 Å². The Morgan fingerprint density at radius 3 is 2.13 bits per heavy atom. The van der Waals surface area contributed by atoms with Gasteiger partial charge in [0.25, 0.3) is 0 Å². The third-order valence-electron chi connectivity index (χ3n) is 3.63. The summed E-state index contributed by atoms with van der Waals surface area (Å²) in [5.41, 5.74) is -3.07. The summed E-state index contributed by atoms with van der Waals surface area (Å²) in [6, 6.07) is 0. The van der Waals surface area contributed by atoms with E-state index in [4.69, 9.17) is 4.74 Å². The summed E-state index contributed by atoms with van der Waals surface area (Å²) in [7, 11) is 0. The molecule has 0 aromatic carbocycles. The fourth-order valence-corrected chi connectivity index (χ4v) is 2.57. The Kier molecular flexibility index (Phi) is 4.28. The van der Waals surface area contributed by atoms with Crippen LogP contribution >= 0.6 is 0 Å². The van der Waals surface area contributed by atoms with Crippen molar-refractivity contribution in [3.63, 3.8) is 0 Å². The molecule has 0 aliphatic heterocycles. The van der Waals surface area contributed by atoms with Crippen LogP contribution in [-0.4, -0.2) is 23.4 Å². The molecule has 0 amide bonds. The van der Waals surface area contributed by atoms with Gasteiger partial charge in [0.1, 0.15) is 17.6 Å². The smallest absolute Gasteiger partial charge is 0.459 e. The minimum Gasteiger partial charge on any atom is -0.489 e. The summed E-state index contributed by atoms with van der Waals surface area (Å²) < 4.78 is 98.4. The number of rotatable bonds is 3. The summed E-state index contributed by atoms with van der Waals surface area (Å²) in [5.74, 6) is -7.13. The number of fused-ring (bicyclic) bond motifs is 1. The molecule has 0 saturated carbocycles. The highest BCUT2D eigenvalue weighted by Crippen LogP contribution is 2.54. The molecule has 1 heterocycles. The van der Waals surface area contributed by atoms with E-state index in [0.29, 0.717) is 6.20 Å². The van der Waals surface area contributed by atoms with Gasteiger partial charge in [0.15, 0.2) is 6.17 Å². The number of halogens is 7. The van der Waals surface area contributed by atoms with Crippen LogP contribution in [0.1, 0.15) is 49.7 Å². The summed E-state index contributed by atoms with van der Waals surface area (Å²) in [4.78, 5) is 3.13. The predicted molar refractivity (Wildman–Crippen MR) is 67.1 cm³/mol. The van der Waals surface area contributed by atoms with E-state index in [2.05, 4.69) is 4.98 Å². The van der Waals surface area contributed by atoms with Gasteiger partial charge in [-0.1, -0.05) is 6.92 Å². The average molecular weight is 345 g/mol. The first kappa shape index (κ1) is 17.8. The van der Waals surface area contributed by atoms with E-state index in [1.807, 2.05) is 0 Å². The molecule has 9 heteroatoms. The van der Waals surface area contributed by atoms with Crippen molar-refractivity contribution in [3.05, 3.63) is 23.0 Å². The molecule has 23 heavy (non-hydrogen) atoms. The molecule has 0 fully saturated rings. The first-order valence-corrected chi connectivity index (χ1v) is 6.82. The number of pyridine rings is 1. The van der Waals surface area contributed by atoms with E-state index >= 15 is 0 Å². The molecule has 2 nitrogen and oxygen atoms in total. The fraction of sp³-hybridized carbons (Fsp3) is 0.643. The summed E-state index contributed by atoms with van der Waals surface area (Å²) in [5, 5.41) is 0. The van der Waals surface area contributed by atoms with Crippen LogP contribution in [-0.2, 0) is 5.92 Å². The van der Waals surface area contributed by atoms with Gasteiger partial charge in [0.2, 0.25) is 0 Å². The molecular weight excluding hydrogens is 331 g/mol. The minimum absolute atomic E-state index is 0.323. The normalized spacial score (nSPS) is 24.9. The third-order valence-corrected chi connectivity index (χ3v) is 3.63. The van der Waals surface area contributed by atoms with Crippen LogP contribution in [0.15, 0.2) is 6.20 Å². The maximum absolute atomic E-state index is 14.1. The molecule has 3 atom stereocenters. The molecule has 2 rings (SSSR count). The molecule has 1 aliphatic carbocycles. The number of ether oxygens (including phenoxy) is 1. The largest absolute Gasteiger partial charge is 0.489 e. The van der Waals surface area contributed by atoms with E-state index in [1.54, 1.807) is 13.8 Å². The first-order valence-electron chi connectivity index (χ1n) is 6.82. The maximum atomic E-state index is 14.1. The van der Waals surface area contributed by atoms with Crippen molar-refractivity contribution in [1.82, 2.24) is 4.98 Å². The molecule has 0 N–H and O–H groups in total. The van der Waals surface area contributed by atoms with Crippen LogP contribution in [0.5, 0.6) is 5.75 Å². The molecule has 1 aromatic heterocycles. The summed E-state index contributed by atoms with van der Waals surface area (Å²) in [6.07, 6.45) is -10.4. The molecule has 1 aliphatic rings. The van der Waals surface area contributed by atoms with Gasteiger partial charge >= 0.3 is 12.1 Å². The third kappa shape index (κ3) is 2.74. The lowest BCUT2D eigenvalue weighted by molar-refractivity contribution is -0.291. The van der Waals surface area contributed by atoms with Crippen LogP contribution in [0.2, 0.25) is 0 Å². The van der Waals surface area contributed by atoms with Crippen LogP contribution in [0.3, 0.4) is 0 Å². The van der Waals surface area contributed by atoms with Crippen molar-refractivity contribution in [2.24, 2.45) is 0 Å². The second-order valence-corrected chi connectivity index (χ2v) is 5.67. The first-order chi connectivity index (χ1) is 10.4. The Morgan fingerprint density at radius 2 is 1.65 bits per heavy atom. The highest BCUT2D eigenvalue weighted by Gasteiger charge is 2.62. The van der Waals surface area contributed by atoms with Crippen LogP contribution in [0.4, 0.5) is 30.7 Å². The topological polar surface area (TPSA) is 22.1 Å². The van der Waals surface area contributed by atoms with E-state index in [1.165, 1.54) is 0 Å². The summed E-state index contributed by atoms with van der Waals surface area (Å²) in [6.45, 7) is 4.13. The maximum Gasteiger partial charge on any atom is 0.459 e. The lowest BCUT2D eigenvalue weighted by Crippen LogP contribution is -2.36. The zero-order chi connectivity index (χ0) is 17.7. The number of hydrogen-bond donors (Lipinski definition) is 0. The number of hydrogen-bond acceptors (Lipinski definition) is 2. The van der Waals surface area contributed by atoms with Gasteiger partial charge in [-0.2, -0.15) is 22.0 Å². The van der Waals surface area contributed by atoms with Crippen molar-refractivity contribution < 1.29 is 35.5 Å². The molecule has 1 aromatic rings. The zero-order valence-electron chi connectivity index (χ0n) is 12.4. The Labute approximate surface area is 127 Å². The zero-order valence-corrected chi connectivity index (χ0v) is 12.4. The lowest BCUT2D eigenvalue weighted by atomic mass is 9.97. The second kappa shape index (κ2) is 5.52. The van der Waals surface area contributed by atoms with Crippen molar-refractivity contribution >= 4 is 0 Å². The Morgan fingerprint density at radius 1 is 1.09 bits per heavy atom. The minimum atomic E-state index is -5.92. The lowest BCUT2D eigenvalue weighted by Gasteiger charge is -2.23. The summed E-state index contributed by atoms with van der Waals surface area (Å²) >= 11 is 0. The molecule has 0 saturated heterocycles. The standard InChI is InChI=1S/C14H14F7NO/c1-5(2)23-7-4-22-12(13(17,18)14(19,20)21)8-6(3)10(15)11(16)9(7)8/h4-6,10-11H,1-3H3/t6-,10-,11+/m0/s1. The van der Waals surface area contributed by atoms with Crippen molar-refractivity contribution in [2.45, 2.75) is 57.2 Å². The van der Waals surface area contributed by atoms with Gasteiger partial charge in [-0.25, -0.2) is 8.78 Å². The van der Waals surface area contributed by atoms with Gasteiger partial charge in [0, 0.05) is 11.5 Å². The van der Waals surface area contributed by atoms with E-state index < -0.39 is 53.3 Å². The van der Waals surface area contributed by atoms with Gasteiger partial charge < -0.3 is 4.74 Å². The van der Waals surface area contributed by atoms with Crippen molar-refractivity contribution in [3.8, 4) is 5.75 Å². The van der Waals surface area contributed by atoms with E-state index in [0.717, 1.165) is 6.92 Å². The van der Waals surface area contributed by atoms with E-state index in [9.17, 15) is 30.7 Å². The Balaban J connectivity index is 2.70. The van der Waals surface area contributed by atoms with Crippen LogP contribution in [0.25, 0.3) is 0 Å². The quantitative estimate of drug-likeness (QED) is 0.720. The SMILES string of the molecule is CC(C)Oc1cnc(C(F)(F)C(F)(F)F)c2c1[C@@H](F)[C@@H](F)[C@H]2C. The molecule has 0 radical (unpaired) electrons. The van der Waals surface area contributed by atoms with Crippen LogP contribution in [0, 0.1) is 0 Å². The van der Waals surface area contributed by atoms with Gasteiger partial charge in [-0.3, -0.25) is 4.98 Å². The monoisotopic (exact) mass is 345 g/mol. The number of aromatic nitrogens is 1. The van der Waals surface area contributed by atoms with Gasteiger partial charge in [-0.05, 0) is 19.4 Å². The van der Waals surface area contributed by atoms with Crippen molar-refractivity contribution in [1.29, 1.82) is 0 Å². The molecule has 0 unspecified atom stereocenters. The van der Waals surface area contributed by atoms with Gasteiger partial charge in [-0.15, -0.1) is 0 Å². The van der Waals surface area contributed by atoms with Gasteiger partial charge in [0.05, 0.1) is 12.3 Å². The Bertz CT molecular complexity index is 600.